The summed E-state index contributed by atoms with van der Waals surface area (Å²) in [4.78, 5) is 29.6. The van der Waals surface area contributed by atoms with Crippen LogP contribution in [0.4, 0.5) is 5.69 Å². The highest BCUT2D eigenvalue weighted by molar-refractivity contribution is 9.10. The van der Waals surface area contributed by atoms with Crippen molar-refractivity contribution in [3.05, 3.63) is 82.8 Å². The molecule has 2 amide bonds. The highest BCUT2D eigenvalue weighted by Crippen LogP contribution is 2.33. The summed E-state index contributed by atoms with van der Waals surface area (Å²) in [5.74, 6) is -0.487. The lowest BCUT2D eigenvalue weighted by Crippen LogP contribution is -2.51. The molecule has 0 aliphatic carbocycles. The first-order valence-electron chi connectivity index (χ1n) is 13.8. The SMILES string of the molecule is CCCCNC(=O)[C@@H](C)N(Cc1ccc(Br)cc1)C(=O)CN(c1ccccc1OCC)S(=O)(=O)c1ccc(SC)cc1. The highest BCUT2D eigenvalue weighted by Gasteiger charge is 2.33. The van der Waals surface area contributed by atoms with Gasteiger partial charge in [-0.2, -0.15) is 0 Å². The number of ether oxygens (including phenoxy) is 1. The first-order chi connectivity index (χ1) is 20.1. The van der Waals surface area contributed by atoms with E-state index in [0.29, 0.717) is 18.9 Å². The van der Waals surface area contributed by atoms with Crippen molar-refractivity contribution in [3.63, 3.8) is 0 Å². The fraction of sp³-hybridized carbons (Fsp3) is 0.355. The van der Waals surface area contributed by atoms with Crippen molar-refractivity contribution in [2.75, 3.05) is 30.3 Å². The Labute approximate surface area is 262 Å². The minimum absolute atomic E-state index is 0.0456. The van der Waals surface area contributed by atoms with Gasteiger partial charge in [-0.05, 0) is 80.6 Å². The number of para-hydroxylation sites is 2. The fourth-order valence-corrected chi connectivity index (χ4v) is 6.33. The zero-order valence-electron chi connectivity index (χ0n) is 24.4. The van der Waals surface area contributed by atoms with Gasteiger partial charge in [-0.3, -0.25) is 13.9 Å². The van der Waals surface area contributed by atoms with E-state index < -0.39 is 28.5 Å². The fourth-order valence-electron chi connectivity index (χ4n) is 4.23. The van der Waals surface area contributed by atoms with Crippen LogP contribution in [0.1, 0.15) is 39.2 Å². The molecule has 226 valence electrons. The summed E-state index contributed by atoms with van der Waals surface area (Å²) in [6, 6.07) is 19.9. The van der Waals surface area contributed by atoms with Crippen molar-refractivity contribution < 1.29 is 22.7 Å². The van der Waals surface area contributed by atoms with E-state index in [4.69, 9.17) is 4.74 Å². The third-order valence-corrected chi connectivity index (χ3v) is 9.67. The van der Waals surface area contributed by atoms with Crippen molar-refractivity contribution in [1.82, 2.24) is 10.2 Å². The molecule has 0 fully saturated rings. The van der Waals surface area contributed by atoms with E-state index in [1.165, 1.54) is 28.8 Å². The van der Waals surface area contributed by atoms with Crippen LogP contribution in [0.5, 0.6) is 5.75 Å². The second kappa shape index (κ2) is 16.0. The Morgan fingerprint density at radius 3 is 2.29 bits per heavy atom. The molecule has 0 radical (unpaired) electrons. The van der Waals surface area contributed by atoms with E-state index in [2.05, 4.69) is 21.2 Å². The molecule has 0 heterocycles. The molecule has 3 aromatic carbocycles. The van der Waals surface area contributed by atoms with E-state index in [0.717, 1.165) is 32.1 Å². The third kappa shape index (κ3) is 8.75. The smallest absolute Gasteiger partial charge is 0.264 e. The lowest BCUT2D eigenvalue weighted by Gasteiger charge is -2.32. The Morgan fingerprint density at radius 2 is 1.67 bits per heavy atom. The number of nitrogens with one attached hydrogen (secondary N) is 1. The molecule has 1 N–H and O–H groups in total. The van der Waals surface area contributed by atoms with Crippen LogP contribution in [0.15, 0.2) is 87.1 Å². The number of rotatable bonds is 15. The minimum atomic E-state index is -4.20. The number of benzene rings is 3. The van der Waals surface area contributed by atoms with Crippen molar-refractivity contribution in [2.24, 2.45) is 0 Å². The van der Waals surface area contributed by atoms with Crippen molar-refractivity contribution in [2.45, 2.75) is 56.0 Å². The molecule has 0 saturated carbocycles. The Hall–Kier alpha value is -3.02. The Kier molecular flexibility index (Phi) is 12.8. The number of anilines is 1. The summed E-state index contributed by atoms with van der Waals surface area (Å²) in [5.41, 5.74) is 1.04. The third-order valence-electron chi connectivity index (χ3n) is 6.62. The summed E-state index contributed by atoms with van der Waals surface area (Å²) in [5, 5.41) is 2.90. The van der Waals surface area contributed by atoms with Gasteiger partial charge in [0.1, 0.15) is 18.3 Å². The first kappa shape index (κ1) is 33.5. The van der Waals surface area contributed by atoms with E-state index in [9.17, 15) is 18.0 Å². The predicted molar refractivity (Wildman–Crippen MR) is 172 cm³/mol. The van der Waals surface area contributed by atoms with E-state index in [1.807, 2.05) is 37.4 Å². The number of carbonyl (C=O) groups excluding carboxylic acids is 2. The maximum atomic E-state index is 14.1. The van der Waals surface area contributed by atoms with E-state index >= 15 is 0 Å². The maximum Gasteiger partial charge on any atom is 0.264 e. The normalized spacial score (nSPS) is 11.9. The molecular weight excluding hydrogens is 638 g/mol. The molecule has 0 bridgehead atoms. The van der Waals surface area contributed by atoms with Gasteiger partial charge in [0.05, 0.1) is 17.2 Å². The number of sulfonamides is 1. The second-order valence-corrected chi connectivity index (χ2v) is 13.2. The average molecular weight is 677 g/mol. The lowest BCUT2D eigenvalue weighted by molar-refractivity contribution is -0.139. The van der Waals surface area contributed by atoms with Gasteiger partial charge in [0.15, 0.2) is 0 Å². The summed E-state index contributed by atoms with van der Waals surface area (Å²) >= 11 is 4.93. The van der Waals surface area contributed by atoms with Gasteiger partial charge >= 0.3 is 0 Å². The number of thioether (sulfide) groups is 1. The Bertz CT molecular complexity index is 1430. The number of amides is 2. The molecule has 42 heavy (non-hydrogen) atoms. The molecule has 3 aromatic rings. The molecule has 1 atom stereocenters. The van der Waals surface area contributed by atoms with Gasteiger partial charge in [-0.15, -0.1) is 11.8 Å². The van der Waals surface area contributed by atoms with Crippen molar-refractivity contribution >= 4 is 55.2 Å². The summed E-state index contributed by atoms with van der Waals surface area (Å²) < 4.78 is 36.0. The summed E-state index contributed by atoms with van der Waals surface area (Å²) in [6.07, 6.45) is 3.64. The lowest BCUT2D eigenvalue weighted by atomic mass is 10.1. The Morgan fingerprint density at radius 1 is 1.00 bits per heavy atom. The van der Waals surface area contributed by atoms with Crippen molar-refractivity contribution in [1.29, 1.82) is 0 Å². The largest absolute Gasteiger partial charge is 0.492 e. The van der Waals surface area contributed by atoms with Crippen LogP contribution in [0.25, 0.3) is 0 Å². The van der Waals surface area contributed by atoms with Crippen LogP contribution >= 0.6 is 27.7 Å². The molecule has 0 saturated heterocycles. The minimum Gasteiger partial charge on any atom is -0.492 e. The summed E-state index contributed by atoms with van der Waals surface area (Å²) in [7, 11) is -4.20. The highest BCUT2D eigenvalue weighted by atomic mass is 79.9. The van der Waals surface area contributed by atoms with Gasteiger partial charge in [-0.25, -0.2) is 8.42 Å². The average Bonchev–Trinajstić information content (AvgIpc) is 2.99. The molecule has 0 unspecified atom stereocenters. The molecule has 0 aliphatic rings. The van der Waals surface area contributed by atoms with Crippen LogP contribution in [-0.2, 0) is 26.2 Å². The summed E-state index contributed by atoms with van der Waals surface area (Å²) in [6.45, 7) is 5.90. The van der Waals surface area contributed by atoms with Crippen molar-refractivity contribution in [3.8, 4) is 5.75 Å². The molecule has 0 aromatic heterocycles. The monoisotopic (exact) mass is 675 g/mol. The van der Waals surface area contributed by atoms with Gasteiger partial charge in [-0.1, -0.05) is 53.5 Å². The molecule has 8 nitrogen and oxygen atoms in total. The van der Waals surface area contributed by atoms with Crippen LogP contribution < -0.4 is 14.4 Å². The quantitative estimate of drug-likeness (QED) is 0.155. The zero-order valence-corrected chi connectivity index (χ0v) is 27.6. The zero-order chi connectivity index (χ0) is 30.7. The predicted octanol–water partition coefficient (Wildman–Crippen LogP) is 6.10. The number of halogens is 1. The van der Waals surface area contributed by atoms with Crippen LogP contribution in [0.2, 0.25) is 0 Å². The van der Waals surface area contributed by atoms with Gasteiger partial charge in [0.25, 0.3) is 10.0 Å². The standard InChI is InChI=1S/C31H38BrN3O5S2/c1-5-7-20-33-31(37)23(3)34(21-24-12-14-25(32)15-13-24)30(36)22-35(28-10-8-9-11-29(28)40-6-2)42(38,39)27-18-16-26(41-4)17-19-27/h8-19,23H,5-7,20-22H2,1-4H3,(H,33,37)/t23-/m1/s1. The number of hydrogen-bond acceptors (Lipinski definition) is 6. The number of nitrogens with zero attached hydrogens (tertiary/aromatic N) is 2. The number of carbonyl (C=O) groups is 2. The van der Waals surface area contributed by atoms with Crippen LogP contribution in [-0.4, -0.2) is 57.1 Å². The molecular formula is C31H38BrN3O5S2. The number of hydrogen-bond donors (Lipinski definition) is 1. The van der Waals surface area contributed by atoms with E-state index in [1.54, 1.807) is 50.2 Å². The molecule has 3 rings (SSSR count). The molecule has 0 spiro atoms. The molecule has 0 aliphatic heterocycles. The van der Waals surface area contributed by atoms with E-state index in [-0.39, 0.29) is 23.0 Å². The van der Waals surface area contributed by atoms with Gasteiger partial charge in [0.2, 0.25) is 11.8 Å². The van der Waals surface area contributed by atoms with Crippen LogP contribution in [0.3, 0.4) is 0 Å². The van der Waals surface area contributed by atoms with Gasteiger partial charge < -0.3 is 15.0 Å². The molecule has 11 heteroatoms. The number of unbranched alkanes of at least 4 members (excludes halogenated alkanes) is 1. The topological polar surface area (TPSA) is 96.0 Å². The first-order valence-corrected chi connectivity index (χ1v) is 17.3. The second-order valence-electron chi connectivity index (χ2n) is 9.56. The van der Waals surface area contributed by atoms with Crippen LogP contribution in [0, 0.1) is 0 Å². The van der Waals surface area contributed by atoms with Gasteiger partial charge in [0, 0.05) is 22.5 Å². The Balaban J connectivity index is 2.05. The maximum absolute atomic E-state index is 14.1.